The zero-order valence-corrected chi connectivity index (χ0v) is 23.7. The van der Waals surface area contributed by atoms with E-state index in [0.29, 0.717) is 43.3 Å². The number of benzene rings is 2. The molecule has 3 heterocycles. The lowest BCUT2D eigenvalue weighted by Crippen LogP contribution is -2.47. The molecule has 11 heteroatoms. The third-order valence-corrected chi connectivity index (χ3v) is 8.38. The number of aromatic nitrogens is 2. The van der Waals surface area contributed by atoms with Gasteiger partial charge in [-0.3, -0.25) is 14.4 Å². The Hall–Kier alpha value is -3.79. The molecule has 1 aromatic heterocycles. The third kappa shape index (κ3) is 6.12. The number of carbonyl (C=O) groups excluding carboxylic acids is 2. The van der Waals surface area contributed by atoms with E-state index in [-0.39, 0.29) is 42.1 Å². The largest absolute Gasteiger partial charge is 0.354 e. The standard InChI is InChI=1S/C30H32ClF2N5O3/c1-19(39)38-15-14-36(13-3-4-27(38)20-5-7-21(31)8-6-20)30(41)25-18-37(28-11-12-29(40)35(2)34-28)17-24(25)23-10-9-22(32)16-26(23)33/h5-12,16,24-25,27H,3-4,13-15,17-18H2,1-2H3/t24?,25-,27?/m1/s1. The highest BCUT2D eigenvalue weighted by atomic mass is 35.5. The Morgan fingerprint density at radius 3 is 2.41 bits per heavy atom. The minimum Gasteiger partial charge on any atom is -0.354 e. The van der Waals surface area contributed by atoms with Crippen molar-refractivity contribution in [3.05, 3.63) is 92.7 Å². The van der Waals surface area contributed by atoms with Gasteiger partial charge < -0.3 is 14.7 Å². The van der Waals surface area contributed by atoms with Crippen molar-refractivity contribution < 1.29 is 18.4 Å². The Morgan fingerprint density at radius 1 is 0.976 bits per heavy atom. The zero-order chi connectivity index (χ0) is 29.3. The van der Waals surface area contributed by atoms with Crippen molar-refractivity contribution in [3.63, 3.8) is 0 Å². The number of aryl methyl sites for hydroxylation is 1. The molecule has 0 aliphatic carbocycles. The maximum Gasteiger partial charge on any atom is 0.266 e. The summed E-state index contributed by atoms with van der Waals surface area (Å²) < 4.78 is 30.0. The van der Waals surface area contributed by atoms with Crippen LogP contribution in [0, 0.1) is 17.6 Å². The van der Waals surface area contributed by atoms with Crippen LogP contribution in [-0.2, 0) is 16.6 Å². The van der Waals surface area contributed by atoms with Crippen molar-refractivity contribution in [2.45, 2.75) is 31.7 Å². The van der Waals surface area contributed by atoms with Gasteiger partial charge in [-0.15, -0.1) is 0 Å². The normalized spacial score (nSPS) is 21.5. The Balaban J connectivity index is 1.40. The second kappa shape index (κ2) is 12.0. The topological polar surface area (TPSA) is 78.8 Å². The van der Waals surface area contributed by atoms with Gasteiger partial charge in [-0.2, -0.15) is 5.10 Å². The van der Waals surface area contributed by atoms with E-state index in [9.17, 15) is 18.8 Å². The minimum absolute atomic E-state index is 0.0849. The van der Waals surface area contributed by atoms with Crippen LogP contribution in [0.4, 0.5) is 14.6 Å². The maximum absolute atomic E-state index is 15.0. The number of rotatable bonds is 4. The molecule has 2 aliphatic rings. The molecule has 2 amide bonds. The fraction of sp³-hybridized carbons (Fsp3) is 0.400. The van der Waals surface area contributed by atoms with E-state index < -0.39 is 23.5 Å². The molecule has 5 rings (SSSR count). The summed E-state index contributed by atoms with van der Waals surface area (Å²) >= 11 is 6.07. The van der Waals surface area contributed by atoms with E-state index in [1.807, 2.05) is 29.2 Å². The fourth-order valence-electron chi connectivity index (χ4n) is 6.01. The maximum atomic E-state index is 15.0. The van der Waals surface area contributed by atoms with Gasteiger partial charge in [-0.25, -0.2) is 13.5 Å². The lowest BCUT2D eigenvalue weighted by molar-refractivity contribution is -0.139. The summed E-state index contributed by atoms with van der Waals surface area (Å²) in [6, 6.07) is 13.8. The van der Waals surface area contributed by atoms with Crippen molar-refractivity contribution in [2.24, 2.45) is 13.0 Å². The molecule has 41 heavy (non-hydrogen) atoms. The number of amides is 2. The van der Waals surface area contributed by atoms with Gasteiger partial charge in [-0.1, -0.05) is 29.8 Å². The number of anilines is 1. The van der Waals surface area contributed by atoms with Crippen molar-refractivity contribution in [3.8, 4) is 0 Å². The molecule has 0 N–H and O–H groups in total. The molecule has 2 unspecified atom stereocenters. The fourth-order valence-corrected chi connectivity index (χ4v) is 6.13. The Labute approximate surface area is 242 Å². The predicted octanol–water partition coefficient (Wildman–Crippen LogP) is 4.14. The average molecular weight is 584 g/mol. The molecule has 3 aromatic rings. The van der Waals surface area contributed by atoms with Gasteiger partial charge in [0.05, 0.1) is 12.0 Å². The third-order valence-electron chi connectivity index (χ3n) is 8.13. The van der Waals surface area contributed by atoms with Gasteiger partial charge in [0, 0.05) is 69.8 Å². The van der Waals surface area contributed by atoms with Crippen molar-refractivity contribution in [1.82, 2.24) is 19.6 Å². The van der Waals surface area contributed by atoms with E-state index in [4.69, 9.17) is 11.6 Å². The molecule has 0 radical (unpaired) electrons. The summed E-state index contributed by atoms with van der Waals surface area (Å²) in [6.45, 7) is 3.22. The Bertz CT molecular complexity index is 1500. The van der Waals surface area contributed by atoms with Gasteiger partial charge in [0.25, 0.3) is 5.56 Å². The van der Waals surface area contributed by atoms with E-state index in [1.165, 1.54) is 29.8 Å². The molecule has 0 spiro atoms. The highest BCUT2D eigenvalue weighted by molar-refractivity contribution is 6.30. The summed E-state index contributed by atoms with van der Waals surface area (Å²) in [5, 5.41) is 4.95. The van der Waals surface area contributed by atoms with E-state index in [0.717, 1.165) is 11.6 Å². The van der Waals surface area contributed by atoms with Gasteiger partial charge in [0.2, 0.25) is 11.8 Å². The molecule has 3 atom stereocenters. The number of hydrogen-bond donors (Lipinski definition) is 0. The van der Waals surface area contributed by atoms with Crippen LogP contribution in [0.15, 0.2) is 59.4 Å². The molecular formula is C30H32ClF2N5O3. The molecule has 2 aliphatic heterocycles. The molecule has 2 fully saturated rings. The molecule has 0 bridgehead atoms. The summed E-state index contributed by atoms with van der Waals surface area (Å²) in [7, 11) is 1.54. The monoisotopic (exact) mass is 583 g/mol. The number of hydrogen-bond acceptors (Lipinski definition) is 5. The quantitative estimate of drug-likeness (QED) is 0.461. The first-order valence-electron chi connectivity index (χ1n) is 13.7. The minimum atomic E-state index is -0.704. The highest BCUT2D eigenvalue weighted by Crippen LogP contribution is 2.38. The smallest absolute Gasteiger partial charge is 0.266 e. The zero-order valence-electron chi connectivity index (χ0n) is 23.0. The second-order valence-corrected chi connectivity index (χ2v) is 11.1. The second-order valence-electron chi connectivity index (χ2n) is 10.7. The summed E-state index contributed by atoms with van der Waals surface area (Å²) in [6.07, 6.45) is 1.33. The number of nitrogens with zero attached hydrogens (tertiary/aromatic N) is 5. The first-order valence-corrected chi connectivity index (χ1v) is 14.1. The van der Waals surface area contributed by atoms with E-state index in [1.54, 1.807) is 22.9 Å². The van der Waals surface area contributed by atoms with Crippen LogP contribution >= 0.6 is 11.6 Å². The van der Waals surface area contributed by atoms with Gasteiger partial charge in [-0.05, 0) is 48.2 Å². The molecule has 2 aromatic carbocycles. The van der Waals surface area contributed by atoms with Crippen LogP contribution in [0.2, 0.25) is 5.02 Å². The number of carbonyl (C=O) groups is 2. The van der Waals surface area contributed by atoms with Crippen molar-refractivity contribution >= 4 is 29.2 Å². The first-order chi connectivity index (χ1) is 19.6. The molecule has 8 nitrogen and oxygen atoms in total. The Morgan fingerprint density at radius 2 is 1.73 bits per heavy atom. The molecular weight excluding hydrogens is 552 g/mol. The summed E-state index contributed by atoms with van der Waals surface area (Å²) in [4.78, 5) is 44.1. The van der Waals surface area contributed by atoms with E-state index in [2.05, 4.69) is 5.10 Å². The summed E-state index contributed by atoms with van der Waals surface area (Å²) in [5.41, 5.74) is 0.985. The van der Waals surface area contributed by atoms with Crippen LogP contribution in [0.25, 0.3) is 0 Å². The first kappa shape index (κ1) is 28.7. The van der Waals surface area contributed by atoms with Gasteiger partial charge in [0.15, 0.2) is 0 Å². The Kier molecular flexibility index (Phi) is 8.40. The van der Waals surface area contributed by atoms with Crippen LogP contribution < -0.4 is 10.5 Å². The van der Waals surface area contributed by atoms with Crippen LogP contribution in [0.1, 0.15) is 42.9 Å². The predicted molar refractivity (Wildman–Crippen MR) is 152 cm³/mol. The molecule has 2 saturated heterocycles. The average Bonchev–Trinajstić information content (AvgIpc) is 3.35. The van der Waals surface area contributed by atoms with Crippen molar-refractivity contribution in [1.29, 1.82) is 0 Å². The van der Waals surface area contributed by atoms with Gasteiger partial charge in [0.1, 0.15) is 17.5 Å². The lowest BCUT2D eigenvalue weighted by Gasteiger charge is -2.38. The van der Waals surface area contributed by atoms with Crippen LogP contribution in [0.3, 0.4) is 0 Å². The summed E-state index contributed by atoms with van der Waals surface area (Å²) in [5.74, 6) is -2.32. The molecule has 0 saturated carbocycles. The number of halogens is 3. The van der Waals surface area contributed by atoms with Crippen molar-refractivity contribution in [2.75, 3.05) is 37.6 Å². The lowest BCUT2D eigenvalue weighted by atomic mass is 9.87. The SMILES string of the molecule is CC(=O)N1CCN(C(=O)[C@@H]2CN(c3ccc(=O)n(C)n3)CC2c2ccc(F)cc2F)CCCC1c1ccc(Cl)cc1. The highest BCUT2D eigenvalue weighted by Gasteiger charge is 2.42. The van der Waals surface area contributed by atoms with Crippen LogP contribution in [0.5, 0.6) is 0 Å². The van der Waals surface area contributed by atoms with Crippen LogP contribution in [-0.4, -0.2) is 64.1 Å². The molecule has 216 valence electrons. The van der Waals surface area contributed by atoms with Gasteiger partial charge >= 0.3 is 0 Å². The van der Waals surface area contributed by atoms with E-state index >= 15 is 4.39 Å².